The van der Waals surface area contributed by atoms with Crippen molar-refractivity contribution < 1.29 is 0 Å². The molecule has 4 rings (SSSR count). The molecular weight excluding hydrogens is 384 g/mol. The third-order valence-electron chi connectivity index (χ3n) is 3.73. The molecule has 0 amide bonds. The Hall–Kier alpha value is -2.87. The maximum atomic E-state index is 12.3. The predicted molar refractivity (Wildman–Crippen MR) is 96.3 cm³/mol. The lowest BCUT2D eigenvalue weighted by atomic mass is 10.2. The SMILES string of the molecule is Cc1ccc2nc(Cn3nnc(-c4ccccc4Br)n3)cc(=O)n2c1. The van der Waals surface area contributed by atoms with Crippen LogP contribution in [0.5, 0.6) is 0 Å². The van der Waals surface area contributed by atoms with E-state index in [1.54, 1.807) is 6.20 Å². The van der Waals surface area contributed by atoms with E-state index in [2.05, 4.69) is 36.3 Å². The molecule has 4 aromatic rings. The van der Waals surface area contributed by atoms with Crippen LogP contribution in [-0.2, 0) is 6.54 Å². The van der Waals surface area contributed by atoms with Crippen LogP contribution in [0.1, 0.15) is 11.3 Å². The van der Waals surface area contributed by atoms with Crippen molar-refractivity contribution in [2.24, 2.45) is 0 Å². The first-order valence-corrected chi connectivity index (χ1v) is 8.41. The molecule has 0 aliphatic heterocycles. The number of tetrazole rings is 1. The molecule has 0 unspecified atom stereocenters. The molecule has 3 heterocycles. The number of pyridine rings is 1. The van der Waals surface area contributed by atoms with E-state index in [4.69, 9.17) is 0 Å². The van der Waals surface area contributed by atoms with Gasteiger partial charge < -0.3 is 0 Å². The van der Waals surface area contributed by atoms with Crippen molar-refractivity contribution in [1.82, 2.24) is 29.6 Å². The number of rotatable bonds is 3. The van der Waals surface area contributed by atoms with Crippen LogP contribution in [0, 0.1) is 6.92 Å². The monoisotopic (exact) mass is 396 g/mol. The third kappa shape index (κ3) is 3.08. The molecule has 0 fully saturated rings. The van der Waals surface area contributed by atoms with Gasteiger partial charge in [-0.25, -0.2) is 4.98 Å². The number of aryl methyl sites for hydroxylation is 1. The zero-order chi connectivity index (χ0) is 17.4. The molecule has 1 aromatic carbocycles. The maximum Gasteiger partial charge on any atom is 0.258 e. The first-order valence-electron chi connectivity index (χ1n) is 7.62. The first-order chi connectivity index (χ1) is 12.1. The fourth-order valence-electron chi connectivity index (χ4n) is 2.54. The zero-order valence-electron chi connectivity index (χ0n) is 13.3. The maximum absolute atomic E-state index is 12.3. The molecule has 0 spiro atoms. The number of nitrogens with zero attached hydrogens (tertiary/aromatic N) is 6. The molecule has 0 aliphatic rings. The lowest BCUT2D eigenvalue weighted by Crippen LogP contribution is -2.17. The predicted octanol–water partition coefficient (Wildman–Crippen LogP) is 2.47. The van der Waals surface area contributed by atoms with E-state index in [1.165, 1.54) is 15.3 Å². The van der Waals surface area contributed by atoms with E-state index in [0.717, 1.165) is 15.6 Å². The fraction of sp³-hybridized carbons (Fsp3) is 0.118. The van der Waals surface area contributed by atoms with Crippen molar-refractivity contribution >= 4 is 21.6 Å². The van der Waals surface area contributed by atoms with Crippen LogP contribution in [0.2, 0.25) is 0 Å². The topological polar surface area (TPSA) is 78.0 Å². The van der Waals surface area contributed by atoms with Crippen LogP contribution in [0.4, 0.5) is 0 Å². The zero-order valence-corrected chi connectivity index (χ0v) is 14.9. The Labute approximate surface area is 151 Å². The van der Waals surface area contributed by atoms with Crippen molar-refractivity contribution in [2.45, 2.75) is 13.5 Å². The Morgan fingerprint density at radius 1 is 1.16 bits per heavy atom. The van der Waals surface area contributed by atoms with Gasteiger partial charge in [-0.15, -0.1) is 10.2 Å². The number of aromatic nitrogens is 6. The second kappa shape index (κ2) is 6.21. The molecular formula is C17H13BrN6O. The molecule has 0 atom stereocenters. The van der Waals surface area contributed by atoms with Crippen LogP contribution in [0.25, 0.3) is 17.0 Å². The summed E-state index contributed by atoms with van der Waals surface area (Å²) in [6, 6.07) is 12.9. The molecule has 0 bridgehead atoms. The minimum atomic E-state index is -0.130. The molecule has 8 heteroatoms. The van der Waals surface area contributed by atoms with Crippen molar-refractivity contribution in [2.75, 3.05) is 0 Å². The highest BCUT2D eigenvalue weighted by Gasteiger charge is 2.10. The summed E-state index contributed by atoms with van der Waals surface area (Å²) in [6.45, 7) is 2.21. The smallest absolute Gasteiger partial charge is 0.258 e. The highest BCUT2D eigenvalue weighted by atomic mass is 79.9. The molecule has 25 heavy (non-hydrogen) atoms. The van der Waals surface area contributed by atoms with Crippen molar-refractivity contribution in [3.8, 4) is 11.4 Å². The van der Waals surface area contributed by atoms with Crippen LogP contribution in [-0.4, -0.2) is 29.6 Å². The number of benzene rings is 1. The summed E-state index contributed by atoms with van der Waals surface area (Å²) in [5.74, 6) is 0.514. The Bertz CT molecular complexity index is 1130. The second-order valence-electron chi connectivity index (χ2n) is 5.64. The molecule has 0 aliphatic carbocycles. The third-order valence-corrected chi connectivity index (χ3v) is 4.42. The number of hydrogen-bond acceptors (Lipinski definition) is 5. The van der Waals surface area contributed by atoms with Gasteiger partial charge in [-0.05, 0) is 35.9 Å². The van der Waals surface area contributed by atoms with Gasteiger partial charge in [-0.1, -0.05) is 34.1 Å². The van der Waals surface area contributed by atoms with Crippen LogP contribution in [0.3, 0.4) is 0 Å². The average Bonchev–Trinajstić information content (AvgIpc) is 3.04. The molecule has 3 aromatic heterocycles. The van der Waals surface area contributed by atoms with Gasteiger partial charge in [-0.2, -0.15) is 4.80 Å². The quantitative estimate of drug-likeness (QED) is 0.531. The van der Waals surface area contributed by atoms with Gasteiger partial charge in [0, 0.05) is 22.3 Å². The number of fused-ring (bicyclic) bond motifs is 1. The van der Waals surface area contributed by atoms with Crippen molar-refractivity contribution in [3.05, 3.63) is 74.7 Å². The molecule has 0 radical (unpaired) electrons. The van der Waals surface area contributed by atoms with E-state index in [9.17, 15) is 4.79 Å². The molecule has 124 valence electrons. The lowest BCUT2D eigenvalue weighted by molar-refractivity contribution is 0.564. The van der Waals surface area contributed by atoms with Crippen molar-refractivity contribution in [3.63, 3.8) is 0 Å². The van der Waals surface area contributed by atoms with E-state index in [-0.39, 0.29) is 12.1 Å². The Morgan fingerprint density at radius 3 is 2.84 bits per heavy atom. The van der Waals surface area contributed by atoms with Crippen LogP contribution >= 0.6 is 15.9 Å². The van der Waals surface area contributed by atoms with Gasteiger partial charge >= 0.3 is 0 Å². The lowest BCUT2D eigenvalue weighted by Gasteiger charge is -2.04. The van der Waals surface area contributed by atoms with E-state index in [0.29, 0.717) is 17.2 Å². The summed E-state index contributed by atoms with van der Waals surface area (Å²) in [5, 5.41) is 12.5. The normalized spacial score (nSPS) is 11.1. The van der Waals surface area contributed by atoms with Crippen LogP contribution < -0.4 is 5.56 Å². The standard InChI is InChI=1S/C17H13BrN6O/c1-11-6-7-15-19-12(8-16(25)23(15)9-11)10-24-21-17(20-22-24)13-4-2-3-5-14(13)18/h2-9H,10H2,1H3. The summed E-state index contributed by atoms with van der Waals surface area (Å²) >= 11 is 3.48. The van der Waals surface area contributed by atoms with Crippen LogP contribution in [0.15, 0.2) is 57.9 Å². The first kappa shape index (κ1) is 15.6. The largest absolute Gasteiger partial charge is 0.269 e. The Kier molecular flexibility index (Phi) is 3.89. The highest BCUT2D eigenvalue weighted by molar-refractivity contribution is 9.10. The van der Waals surface area contributed by atoms with Gasteiger partial charge in [0.05, 0.1) is 5.69 Å². The molecule has 0 saturated carbocycles. The summed E-state index contributed by atoms with van der Waals surface area (Å²) in [4.78, 5) is 18.2. The minimum absolute atomic E-state index is 0.130. The molecule has 0 saturated heterocycles. The number of halogens is 1. The highest BCUT2D eigenvalue weighted by Crippen LogP contribution is 2.24. The molecule has 0 N–H and O–H groups in total. The van der Waals surface area contributed by atoms with Crippen molar-refractivity contribution in [1.29, 1.82) is 0 Å². The molecule has 7 nitrogen and oxygen atoms in total. The Morgan fingerprint density at radius 2 is 2.00 bits per heavy atom. The fourth-order valence-corrected chi connectivity index (χ4v) is 3.01. The van der Waals surface area contributed by atoms with Gasteiger partial charge in [-0.3, -0.25) is 9.20 Å². The summed E-state index contributed by atoms with van der Waals surface area (Å²) in [7, 11) is 0. The summed E-state index contributed by atoms with van der Waals surface area (Å²) in [6.07, 6.45) is 1.77. The van der Waals surface area contributed by atoms with Gasteiger partial charge in [0.2, 0.25) is 5.82 Å². The van der Waals surface area contributed by atoms with Gasteiger partial charge in [0.25, 0.3) is 5.56 Å². The van der Waals surface area contributed by atoms with Gasteiger partial charge in [0.1, 0.15) is 12.2 Å². The second-order valence-corrected chi connectivity index (χ2v) is 6.50. The summed E-state index contributed by atoms with van der Waals surface area (Å²) < 4.78 is 2.42. The number of hydrogen-bond donors (Lipinski definition) is 0. The Balaban J connectivity index is 1.67. The van der Waals surface area contributed by atoms with E-state index >= 15 is 0 Å². The van der Waals surface area contributed by atoms with E-state index in [1.807, 2.05) is 43.3 Å². The van der Waals surface area contributed by atoms with Gasteiger partial charge in [0.15, 0.2) is 0 Å². The minimum Gasteiger partial charge on any atom is -0.269 e. The van der Waals surface area contributed by atoms with E-state index < -0.39 is 0 Å². The average molecular weight is 397 g/mol. The summed E-state index contributed by atoms with van der Waals surface area (Å²) in [5.41, 5.74) is 2.91.